The van der Waals surface area contributed by atoms with Crippen LogP contribution in [0.3, 0.4) is 0 Å². The van der Waals surface area contributed by atoms with E-state index in [1.807, 2.05) is 24.3 Å². The van der Waals surface area contributed by atoms with E-state index < -0.39 is 0 Å². The van der Waals surface area contributed by atoms with E-state index in [-0.39, 0.29) is 5.54 Å². The van der Waals surface area contributed by atoms with E-state index >= 15 is 0 Å². The predicted octanol–water partition coefficient (Wildman–Crippen LogP) is 5.07. The zero-order valence-electron chi connectivity index (χ0n) is 16.2. The Morgan fingerprint density at radius 1 is 1.15 bits per heavy atom. The highest BCUT2D eigenvalue weighted by Gasteiger charge is 2.25. The fraction of sp³-hybridized carbons (Fsp3) is 0.304. The molecular formula is C23H28N2O. The summed E-state index contributed by atoms with van der Waals surface area (Å²) in [6, 6.07) is 14.8. The zero-order valence-corrected chi connectivity index (χ0v) is 16.2. The molecule has 0 radical (unpaired) electrons. The Labute approximate surface area is 157 Å². The monoisotopic (exact) mass is 348 g/mol. The van der Waals surface area contributed by atoms with Crippen molar-refractivity contribution in [2.45, 2.75) is 19.4 Å². The van der Waals surface area contributed by atoms with Gasteiger partial charge in [0.1, 0.15) is 5.75 Å². The number of anilines is 1. The Morgan fingerprint density at radius 3 is 2.65 bits per heavy atom. The molecule has 1 N–H and O–H groups in total. The summed E-state index contributed by atoms with van der Waals surface area (Å²) in [4.78, 5) is 2.28. The second kappa shape index (κ2) is 7.38. The summed E-state index contributed by atoms with van der Waals surface area (Å²) < 4.78 is 5.55. The number of fused-ring (bicyclic) bond motifs is 1. The molecule has 26 heavy (non-hydrogen) atoms. The van der Waals surface area contributed by atoms with Gasteiger partial charge in [0.15, 0.2) is 0 Å². The van der Waals surface area contributed by atoms with Gasteiger partial charge in [0.05, 0.1) is 12.6 Å². The van der Waals surface area contributed by atoms with Gasteiger partial charge < -0.3 is 10.1 Å². The summed E-state index contributed by atoms with van der Waals surface area (Å²) in [5, 5.41) is 3.63. The lowest BCUT2D eigenvalue weighted by atomic mass is 9.88. The van der Waals surface area contributed by atoms with Gasteiger partial charge in [-0.05, 0) is 50.2 Å². The predicted molar refractivity (Wildman–Crippen MR) is 112 cm³/mol. The Kier molecular flexibility index (Phi) is 5.19. The summed E-state index contributed by atoms with van der Waals surface area (Å²) in [5.74, 6) is 0.894. The normalized spacial score (nSPS) is 15.0. The van der Waals surface area contributed by atoms with Crippen molar-refractivity contribution in [1.82, 2.24) is 4.90 Å². The number of methoxy groups -OCH3 is 1. The van der Waals surface area contributed by atoms with Gasteiger partial charge in [-0.3, -0.25) is 4.90 Å². The van der Waals surface area contributed by atoms with Crippen LogP contribution >= 0.6 is 0 Å². The third-order valence-electron chi connectivity index (χ3n) is 4.66. The van der Waals surface area contributed by atoms with Crippen molar-refractivity contribution >= 4 is 11.3 Å². The molecule has 3 heteroatoms. The van der Waals surface area contributed by atoms with Crippen LogP contribution in [0, 0.1) is 0 Å². The molecule has 0 bridgehead atoms. The molecule has 0 aromatic heterocycles. The number of likely N-dealkylation sites (N-methyl/N-ethyl adjacent to an activating group) is 1. The molecule has 0 spiro atoms. The Hall–Kier alpha value is -2.52. The van der Waals surface area contributed by atoms with E-state index in [0.717, 1.165) is 24.4 Å². The molecule has 0 unspecified atom stereocenters. The van der Waals surface area contributed by atoms with Gasteiger partial charge in [0.25, 0.3) is 0 Å². The molecule has 3 rings (SSSR count). The highest BCUT2D eigenvalue weighted by molar-refractivity contribution is 5.86. The largest absolute Gasteiger partial charge is 0.496 e. The molecule has 0 fully saturated rings. The van der Waals surface area contributed by atoms with Crippen molar-refractivity contribution in [2.24, 2.45) is 0 Å². The van der Waals surface area contributed by atoms with Crippen LogP contribution in [0.1, 0.15) is 19.4 Å². The standard InChI is InChI=1S/C23H28N2O/c1-6-13-25(4)16-18-15-23(2,3)24-21-12-11-17(14-20(18)21)19-9-7-8-10-22(19)26-5/h6-12,14-15,24H,1,13,16H2,2-5H3. The molecule has 0 saturated carbocycles. The Bertz CT molecular complexity index is 836. The van der Waals surface area contributed by atoms with Crippen LogP contribution in [0.25, 0.3) is 16.7 Å². The highest BCUT2D eigenvalue weighted by Crippen LogP contribution is 2.38. The molecule has 0 aliphatic carbocycles. The Balaban J connectivity index is 2.05. The first-order valence-electron chi connectivity index (χ1n) is 9.00. The van der Waals surface area contributed by atoms with Crippen LogP contribution in [0.2, 0.25) is 0 Å². The maximum atomic E-state index is 5.55. The van der Waals surface area contributed by atoms with Crippen molar-refractivity contribution in [1.29, 1.82) is 0 Å². The number of nitrogens with zero attached hydrogens (tertiary/aromatic N) is 1. The molecule has 2 aromatic rings. The number of nitrogens with one attached hydrogen (secondary N) is 1. The van der Waals surface area contributed by atoms with E-state index in [9.17, 15) is 0 Å². The van der Waals surface area contributed by atoms with E-state index in [0.29, 0.717) is 0 Å². The molecule has 3 nitrogen and oxygen atoms in total. The highest BCUT2D eigenvalue weighted by atomic mass is 16.5. The fourth-order valence-corrected chi connectivity index (χ4v) is 3.57. The van der Waals surface area contributed by atoms with Crippen molar-refractivity contribution < 1.29 is 4.74 Å². The summed E-state index contributed by atoms with van der Waals surface area (Å²) in [7, 11) is 3.85. The Morgan fingerprint density at radius 2 is 1.92 bits per heavy atom. The van der Waals surface area contributed by atoms with Gasteiger partial charge >= 0.3 is 0 Å². The van der Waals surface area contributed by atoms with Crippen molar-refractivity contribution in [3.05, 3.63) is 66.8 Å². The van der Waals surface area contributed by atoms with E-state index in [4.69, 9.17) is 4.74 Å². The fourth-order valence-electron chi connectivity index (χ4n) is 3.57. The van der Waals surface area contributed by atoms with Crippen LogP contribution in [-0.4, -0.2) is 37.7 Å². The quantitative estimate of drug-likeness (QED) is 0.738. The smallest absolute Gasteiger partial charge is 0.126 e. The lowest BCUT2D eigenvalue weighted by molar-refractivity contribution is 0.416. The molecule has 0 atom stereocenters. The molecule has 0 amide bonds. The zero-order chi connectivity index (χ0) is 18.7. The summed E-state index contributed by atoms with van der Waals surface area (Å²) in [5.41, 5.74) is 5.98. The molecule has 136 valence electrons. The summed E-state index contributed by atoms with van der Waals surface area (Å²) >= 11 is 0. The lowest BCUT2D eigenvalue weighted by Gasteiger charge is -2.34. The maximum absolute atomic E-state index is 5.55. The average Bonchev–Trinajstić information content (AvgIpc) is 2.60. The third-order valence-corrected chi connectivity index (χ3v) is 4.66. The number of ether oxygens (including phenoxy) is 1. The van der Waals surface area contributed by atoms with Gasteiger partial charge in [-0.1, -0.05) is 36.4 Å². The van der Waals surface area contributed by atoms with Crippen molar-refractivity contribution in [3.8, 4) is 16.9 Å². The minimum atomic E-state index is -0.0662. The summed E-state index contributed by atoms with van der Waals surface area (Å²) in [6.07, 6.45) is 4.28. The lowest BCUT2D eigenvalue weighted by Crippen LogP contribution is -2.33. The van der Waals surface area contributed by atoms with Crippen LogP contribution in [0.4, 0.5) is 5.69 Å². The first-order chi connectivity index (χ1) is 12.4. The van der Waals surface area contributed by atoms with Gasteiger partial charge in [0.2, 0.25) is 0 Å². The van der Waals surface area contributed by atoms with Crippen LogP contribution in [0.5, 0.6) is 5.75 Å². The van der Waals surface area contributed by atoms with Crippen LogP contribution < -0.4 is 10.1 Å². The van der Waals surface area contributed by atoms with Gasteiger partial charge in [-0.25, -0.2) is 0 Å². The molecule has 1 heterocycles. The summed E-state index contributed by atoms with van der Waals surface area (Å²) in [6.45, 7) is 10.0. The number of para-hydroxylation sites is 1. The molecule has 0 saturated heterocycles. The molecular weight excluding hydrogens is 320 g/mol. The van der Waals surface area contributed by atoms with Gasteiger partial charge in [0, 0.05) is 29.9 Å². The van der Waals surface area contributed by atoms with E-state index in [1.165, 1.54) is 22.4 Å². The molecule has 2 aromatic carbocycles. The minimum Gasteiger partial charge on any atom is -0.496 e. The third kappa shape index (κ3) is 3.83. The van der Waals surface area contributed by atoms with E-state index in [1.54, 1.807) is 7.11 Å². The average molecular weight is 348 g/mol. The second-order valence-electron chi connectivity index (χ2n) is 7.46. The van der Waals surface area contributed by atoms with E-state index in [2.05, 4.69) is 68.0 Å². The van der Waals surface area contributed by atoms with Gasteiger partial charge in [-0.15, -0.1) is 6.58 Å². The number of benzene rings is 2. The first-order valence-corrected chi connectivity index (χ1v) is 9.00. The molecule has 1 aliphatic rings. The number of hydrogen-bond donors (Lipinski definition) is 1. The number of rotatable bonds is 6. The van der Waals surface area contributed by atoms with Crippen LogP contribution in [-0.2, 0) is 0 Å². The SMILES string of the molecule is C=CCN(C)CC1=CC(C)(C)Nc2ccc(-c3ccccc3OC)cc21. The number of hydrogen-bond acceptors (Lipinski definition) is 3. The van der Waals surface area contributed by atoms with Crippen molar-refractivity contribution in [3.63, 3.8) is 0 Å². The topological polar surface area (TPSA) is 24.5 Å². The van der Waals surface area contributed by atoms with Crippen LogP contribution in [0.15, 0.2) is 61.2 Å². The minimum absolute atomic E-state index is 0.0662. The second-order valence-corrected chi connectivity index (χ2v) is 7.46. The van der Waals surface area contributed by atoms with Gasteiger partial charge in [-0.2, -0.15) is 0 Å². The molecule has 1 aliphatic heterocycles. The maximum Gasteiger partial charge on any atom is 0.126 e. The first kappa shape index (κ1) is 18.3. The van der Waals surface area contributed by atoms with Crippen molar-refractivity contribution in [2.75, 3.05) is 32.6 Å².